The lowest BCUT2D eigenvalue weighted by molar-refractivity contribution is -0.115. The number of ether oxygens (including phenoxy) is 1. The molecule has 0 saturated carbocycles. The number of aromatic nitrogens is 1. The number of nitrogens with one attached hydrogen (secondary N) is 1. The fraction of sp³-hybridized carbons (Fsp3) is 0.269. The quantitative estimate of drug-likeness (QED) is 0.483. The maximum atomic E-state index is 13.6. The van der Waals surface area contributed by atoms with Crippen LogP contribution in [0.2, 0.25) is 0 Å². The van der Waals surface area contributed by atoms with Crippen molar-refractivity contribution in [2.75, 3.05) is 6.54 Å². The van der Waals surface area contributed by atoms with E-state index in [9.17, 15) is 23.6 Å². The lowest BCUT2D eigenvalue weighted by Gasteiger charge is -2.11. The summed E-state index contributed by atoms with van der Waals surface area (Å²) in [6.07, 6.45) is 3.05. The molecule has 3 rings (SSSR count). The summed E-state index contributed by atoms with van der Waals surface area (Å²) < 4.78 is 32.0. The van der Waals surface area contributed by atoms with E-state index < -0.39 is 18.1 Å². The van der Waals surface area contributed by atoms with Crippen LogP contribution < -0.4 is 24.8 Å². The van der Waals surface area contributed by atoms with Gasteiger partial charge in [-0.25, -0.2) is 0 Å². The molecule has 0 bridgehead atoms. The largest absolute Gasteiger partial charge is 0.434 e. The number of thiazole rings is 1. The summed E-state index contributed by atoms with van der Waals surface area (Å²) >= 11 is 0.952. The van der Waals surface area contributed by atoms with Crippen molar-refractivity contribution in [3.63, 3.8) is 0 Å². The van der Waals surface area contributed by atoms with Gasteiger partial charge < -0.3 is 10.1 Å². The molecule has 9 heteroatoms. The summed E-state index contributed by atoms with van der Waals surface area (Å²) in [6.45, 7) is 3.02. The zero-order valence-electron chi connectivity index (χ0n) is 19.6. The molecule has 0 aliphatic heterocycles. The lowest BCUT2D eigenvalue weighted by Crippen LogP contribution is -2.34. The fourth-order valence-corrected chi connectivity index (χ4v) is 4.70. The van der Waals surface area contributed by atoms with Crippen LogP contribution in [-0.4, -0.2) is 23.6 Å². The van der Waals surface area contributed by atoms with Crippen LogP contribution >= 0.6 is 11.3 Å². The summed E-state index contributed by atoms with van der Waals surface area (Å²) in [6, 6.07) is 13.6. The molecule has 182 valence electrons. The smallest absolute Gasteiger partial charge is 0.387 e. The van der Waals surface area contributed by atoms with E-state index in [1.807, 2.05) is 45.0 Å². The van der Waals surface area contributed by atoms with Gasteiger partial charge in [-0.3, -0.25) is 14.2 Å². The molecule has 1 N–H and O–H groups in total. The number of nitriles is 1. The summed E-state index contributed by atoms with van der Waals surface area (Å²) in [5.74, 6) is -0.660. The first kappa shape index (κ1) is 25.8. The third-order valence-corrected chi connectivity index (χ3v) is 6.37. The van der Waals surface area contributed by atoms with E-state index in [1.165, 1.54) is 16.7 Å². The van der Waals surface area contributed by atoms with Gasteiger partial charge in [0, 0.05) is 12.1 Å². The number of hydrogen-bond acceptors (Lipinski definition) is 5. The summed E-state index contributed by atoms with van der Waals surface area (Å²) in [7, 11) is 0. The Bertz CT molecular complexity index is 1430. The third kappa shape index (κ3) is 5.84. The van der Waals surface area contributed by atoms with Crippen molar-refractivity contribution in [2.45, 2.75) is 40.2 Å². The van der Waals surface area contributed by atoms with Crippen molar-refractivity contribution in [2.24, 2.45) is 0 Å². The summed E-state index contributed by atoms with van der Waals surface area (Å²) in [5, 5.41) is 12.6. The van der Waals surface area contributed by atoms with Crippen LogP contribution in [-0.2, 0) is 4.79 Å². The van der Waals surface area contributed by atoms with Gasteiger partial charge in [0.2, 0.25) is 0 Å². The Kier molecular flexibility index (Phi) is 8.55. The minimum absolute atomic E-state index is 0.0859. The Morgan fingerprint density at radius 2 is 1.89 bits per heavy atom. The zero-order chi connectivity index (χ0) is 25.5. The van der Waals surface area contributed by atoms with E-state index in [0.717, 1.165) is 35.3 Å². The molecule has 1 heterocycles. The van der Waals surface area contributed by atoms with Gasteiger partial charge in [0.1, 0.15) is 16.5 Å². The van der Waals surface area contributed by atoms with Crippen LogP contribution in [0.25, 0.3) is 17.3 Å². The molecule has 0 unspecified atom stereocenters. The lowest BCUT2D eigenvalue weighted by atomic mass is 10.1. The molecule has 1 aromatic heterocycles. The van der Waals surface area contributed by atoms with Gasteiger partial charge in [0.25, 0.3) is 11.5 Å². The highest BCUT2D eigenvalue weighted by atomic mass is 32.1. The van der Waals surface area contributed by atoms with Crippen molar-refractivity contribution in [3.8, 4) is 17.5 Å². The Balaban J connectivity index is 2.37. The average molecular weight is 498 g/mol. The summed E-state index contributed by atoms with van der Waals surface area (Å²) in [5.41, 5.74) is 1.74. The second kappa shape index (κ2) is 11.6. The second-order valence-electron chi connectivity index (χ2n) is 7.81. The number of unbranched alkanes of at least 4 members (excludes halogenated alkanes) is 1. The molecule has 0 radical (unpaired) electrons. The molecule has 0 saturated heterocycles. The number of halogens is 2. The first-order valence-corrected chi connectivity index (χ1v) is 11.9. The van der Waals surface area contributed by atoms with Gasteiger partial charge in [-0.2, -0.15) is 14.0 Å². The normalized spacial score (nSPS) is 12.4. The molecule has 1 amide bonds. The zero-order valence-corrected chi connectivity index (χ0v) is 20.4. The van der Waals surface area contributed by atoms with Crippen LogP contribution in [0.3, 0.4) is 0 Å². The van der Waals surface area contributed by atoms with Crippen LogP contribution in [0.1, 0.15) is 36.5 Å². The second-order valence-corrected chi connectivity index (χ2v) is 8.84. The van der Waals surface area contributed by atoms with Gasteiger partial charge in [-0.1, -0.05) is 49.7 Å². The topological polar surface area (TPSA) is 84.1 Å². The Hall–Kier alpha value is -3.77. The van der Waals surface area contributed by atoms with Gasteiger partial charge in [-0.15, -0.1) is 11.3 Å². The first-order chi connectivity index (χ1) is 16.8. The highest BCUT2D eigenvalue weighted by molar-refractivity contribution is 7.07. The molecule has 0 spiro atoms. The fourth-order valence-electron chi connectivity index (χ4n) is 3.62. The van der Waals surface area contributed by atoms with E-state index in [-0.39, 0.29) is 26.1 Å². The van der Waals surface area contributed by atoms with Gasteiger partial charge >= 0.3 is 6.61 Å². The number of benzene rings is 2. The highest BCUT2D eigenvalue weighted by Gasteiger charge is 2.19. The van der Waals surface area contributed by atoms with Crippen LogP contribution in [0, 0.1) is 25.2 Å². The minimum Gasteiger partial charge on any atom is -0.434 e. The van der Waals surface area contributed by atoms with E-state index in [2.05, 4.69) is 10.1 Å². The van der Waals surface area contributed by atoms with E-state index in [4.69, 9.17) is 0 Å². The minimum atomic E-state index is -3.03. The predicted octanol–water partition coefficient (Wildman–Crippen LogP) is 3.54. The highest BCUT2D eigenvalue weighted by Crippen LogP contribution is 2.21. The molecule has 35 heavy (non-hydrogen) atoms. The first-order valence-electron chi connectivity index (χ1n) is 11.0. The number of carbonyl (C=O) groups is 1. The standard InChI is InChI=1S/C26H25F2N3O3S/c1-4-5-13-30-23(32)19(15-29)25-31(22-16(2)9-8-10-17(22)3)24(33)21(35-25)14-18-11-6-7-12-20(18)34-26(27)28/h6-12,14,26H,4-5,13H2,1-3H3,(H,30,32)/b21-14-,25-19+. The monoisotopic (exact) mass is 497 g/mol. The van der Waals surface area contributed by atoms with Crippen molar-refractivity contribution >= 4 is 28.9 Å². The van der Waals surface area contributed by atoms with Gasteiger partial charge in [0.05, 0.1) is 10.2 Å². The van der Waals surface area contributed by atoms with Gasteiger partial charge in [0.15, 0.2) is 5.57 Å². The molecule has 0 atom stereocenters. The molecular weight excluding hydrogens is 472 g/mol. The Labute approximate surface area is 205 Å². The van der Waals surface area contributed by atoms with Crippen LogP contribution in [0.15, 0.2) is 47.3 Å². The number of carbonyl (C=O) groups excluding carboxylic acids is 1. The maximum absolute atomic E-state index is 13.6. The van der Waals surface area contributed by atoms with Crippen LogP contribution in [0.4, 0.5) is 8.78 Å². The van der Waals surface area contributed by atoms with Crippen molar-refractivity contribution in [1.29, 1.82) is 5.26 Å². The van der Waals surface area contributed by atoms with E-state index in [1.54, 1.807) is 18.2 Å². The molecule has 6 nitrogen and oxygen atoms in total. The number of nitrogens with zero attached hydrogens (tertiary/aromatic N) is 2. The van der Waals surface area contributed by atoms with Gasteiger partial charge in [-0.05, 0) is 43.5 Å². The number of hydrogen-bond donors (Lipinski definition) is 1. The average Bonchev–Trinajstić information content (AvgIpc) is 3.11. The third-order valence-electron chi connectivity index (χ3n) is 5.28. The Morgan fingerprint density at radius 3 is 2.51 bits per heavy atom. The van der Waals surface area contributed by atoms with E-state index in [0.29, 0.717) is 12.2 Å². The Morgan fingerprint density at radius 1 is 1.20 bits per heavy atom. The SMILES string of the molecule is CCCCNC(=O)/C(C#N)=c1/s/c(=C\c2ccccc2OC(F)F)c(=O)n1-c1c(C)cccc1C. The van der Waals surface area contributed by atoms with Crippen molar-refractivity contribution in [1.82, 2.24) is 9.88 Å². The molecule has 0 fully saturated rings. The van der Waals surface area contributed by atoms with E-state index >= 15 is 0 Å². The molecule has 0 aliphatic rings. The molecule has 3 aromatic rings. The molecule has 0 aliphatic carbocycles. The van der Waals surface area contributed by atoms with Crippen molar-refractivity contribution < 1.29 is 18.3 Å². The van der Waals surface area contributed by atoms with Crippen molar-refractivity contribution in [3.05, 3.63) is 78.7 Å². The van der Waals surface area contributed by atoms with Crippen LogP contribution in [0.5, 0.6) is 5.75 Å². The predicted molar refractivity (Wildman–Crippen MR) is 132 cm³/mol. The summed E-state index contributed by atoms with van der Waals surface area (Å²) in [4.78, 5) is 26.5. The number of alkyl halides is 2. The number of para-hydroxylation sites is 2. The molecular formula is C26H25F2N3O3S. The molecule has 2 aromatic carbocycles. The number of amides is 1. The number of rotatable bonds is 8. The number of aryl methyl sites for hydroxylation is 2. The maximum Gasteiger partial charge on any atom is 0.387 e.